The van der Waals surface area contributed by atoms with Gasteiger partial charge in [0.1, 0.15) is 35.1 Å². The van der Waals surface area contributed by atoms with Crippen LogP contribution in [0, 0.1) is 22.8 Å². The van der Waals surface area contributed by atoms with E-state index in [1.165, 1.54) is 18.3 Å². The zero-order valence-corrected chi connectivity index (χ0v) is 19.5. The Kier molecular flexibility index (Phi) is 6.72. The number of aromatic nitrogens is 2. The first kappa shape index (κ1) is 24.1. The van der Waals surface area contributed by atoms with E-state index in [1.807, 2.05) is 6.07 Å². The minimum Gasteiger partial charge on any atom is -0.462 e. The maximum absolute atomic E-state index is 12.0. The molecule has 12 nitrogen and oxygen atoms in total. The Balaban J connectivity index is 1.71. The van der Waals surface area contributed by atoms with Gasteiger partial charge in [-0.15, -0.1) is 0 Å². The molecule has 0 amide bonds. The number of aliphatic imine (C=N–C) groups is 1. The molecule has 0 saturated carbocycles. The van der Waals surface area contributed by atoms with Gasteiger partial charge in [0.15, 0.2) is 6.19 Å². The van der Waals surface area contributed by atoms with Gasteiger partial charge in [0.2, 0.25) is 11.8 Å². The van der Waals surface area contributed by atoms with Crippen LogP contribution in [0.3, 0.4) is 0 Å². The summed E-state index contributed by atoms with van der Waals surface area (Å²) in [6.45, 7) is 1.95. The largest absolute Gasteiger partial charge is 0.462 e. The fourth-order valence-electron chi connectivity index (χ4n) is 3.51. The minimum absolute atomic E-state index is 0.0195. The molecule has 0 spiro atoms. The molecule has 1 aromatic carbocycles. The van der Waals surface area contributed by atoms with E-state index in [0.717, 1.165) is 0 Å². The summed E-state index contributed by atoms with van der Waals surface area (Å²) in [6.07, 6.45) is 3.21. The first-order valence-electron chi connectivity index (χ1n) is 10.5. The van der Waals surface area contributed by atoms with Gasteiger partial charge >= 0.3 is 5.97 Å². The topological polar surface area (TPSA) is 197 Å². The number of rotatable bonds is 5. The number of nitrogens with one attached hydrogen (secondary N) is 2. The number of nitriles is 2. The summed E-state index contributed by atoms with van der Waals surface area (Å²) in [6, 6.07) is 9.01. The van der Waals surface area contributed by atoms with E-state index < -0.39 is 12.0 Å². The molecule has 1 aliphatic heterocycles. The second-order valence-corrected chi connectivity index (χ2v) is 7.70. The number of benzene rings is 1. The van der Waals surface area contributed by atoms with Gasteiger partial charge in [-0.25, -0.2) is 19.8 Å². The number of pyridine rings is 2. The fourth-order valence-corrected chi connectivity index (χ4v) is 3.74. The highest BCUT2D eigenvalue weighted by Crippen LogP contribution is 2.42. The van der Waals surface area contributed by atoms with Crippen LogP contribution in [0.15, 0.2) is 41.5 Å². The molecular weight excluding hydrogens is 486 g/mol. The quantitative estimate of drug-likeness (QED) is 0.226. The summed E-state index contributed by atoms with van der Waals surface area (Å²) in [7, 11) is 0. The molecule has 180 valence electrons. The van der Waals surface area contributed by atoms with Crippen molar-refractivity contribution in [2.75, 3.05) is 23.4 Å². The van der Waals surface area contributed by atoms with E-state index in [9.17, 15) is 10.1 Å². The van der Waals surface area contributed by atoms with Crippen LogP contribution in [0.1, 0.15) is 40.0 Å². The maximum atomic E-state index is 12.0. The molecule has 1 atom stereocenters. The van der Waals surface area contributed by atoms with Crippen molar-refractivity contribution in [2.45, 2.75) is 13.0 Å². The average Bonchev–Trinajstić information content (AvgIpc) is 2.85. The van der Waals surface area contributed by atoms with Crippen molar-refractivity contribution in [3.63, 3.8) is 0 Å². The summed E-state index contributed by atoms with van der Waals surface area (Å²) in [5.74, 6) is 0.212. The standard InChI is InChI=1S/C23H18ClN9O3/c1-2-35-22(34)12-5-6-29-16(8-12)36-15-4-3-11(7-14(15)24)19-17-18(27)13(9-25)20(28)32-21(17)33-23(31-19)30-10-26/h3-8,19H,2H2,1H3,(H6,27,28,30,31,32,33). The number of ether oxygens (including phenoxy) is 2. The summed E-state index contributed by atoms with van der Waals surface area (Å²) in [5, 5.41) is 24.0. The number of anilines is 3. The predicted octanol–water partition coefficient (Wildman–Crippen LogP) is 3.08. The molecule has 0 aliphatic carbocycles. The molecule has 13 heteroatoms. The number of guanidine groups is 1. The van der Waals surface area contributed by atoms with E-state index in [2.05, 4.69) is 25.6 Å². The molecule has 6 N–H and O–H groups in total. The SMILES string of the molecule is CCOC(=O)c1ccnc(Oc2ccc(C3N=C(NC#N)Nc4nc(N)c(C#N)c(N)c43)cc2Cl)c1. The second kappa shape index (κ2) is 10.0. The number of fused-ring (bicyclic) bond motifs is 1. The number of nitrogens with two attached hydrogens (primary N) is 2. The lowest BCUT2D eigenvalue weighted by molar-refractivity contribution is 0.0525. The van der Waals surface area contributed by atoms with Crippen molar-refractivity contribution in [3.05, 3.63) is 63.8 Å². The van der Waals surface area contributed by atoms with Crippen molar-refractivity contribution in [3.8, 4) is 23.9 Å². The highest BCUT2D eigenvalue weighted by molar-refractivity contribution is 6.32. The van der Waals surface area contributed by atoms with E-state index in [1.54, 1.807) is 31.3 Å². The van der Waals surface area contributed by atoms with E-state index >= 15 is 0 Å². The Bertz CT molecular complexity index is 1480. The van der Waals surface area contributed by atoms with Crippen LogP contribution in [0.25, 0.3) is 0 Å². The molecule has 3 aromatic rings. The summed E-state index contributed by atoms with van der Waals surface area (Å²) in [4.78, 5) is 24.8. The Labute approximate surface area is 210 Å². The Morgan fingerprint density at radius 2 is 2.08 bits per heavy atom. The predicted molar refractivity (Wildman–Crippen MR) is 131 cm³/mol. The van der Waals surface area contributed by atoms with Gasteiger partial charge in [-0.2, -0.15) is 10.5 Å². The summed E-state index contributed by atoms with van der Waals surface area (Å²) in [5.41, 5.74) is 13.5. The molecule has 36 heavy (non-hydrogen) atoms. The first-order valence-corrected chi connectivity index (χ1v) is 10.8. The fraction of sp³-hybridized carbons (Fsp3) is 0.130. The van der Waals surface area contributed by atoms with Crippen LogP contribution in [0.2, 0.25) is 5.02 Å². The molecule has 0 saturated heterocycles. The van der Waals surface area contributed by atoms with Crippen molar-refractivity contribution in [2.24, 2.45) is 4.99 Å². The lowest BCUT2D eigenvalue weighted by atomic mass is 9.95. The second-order valence-electron chi connectivity index (χ2n) is 7.30. The zero-order valence-electron chi connectivity index (χ0n) is 18.7. The average molecular weight is 504 g/mol. The zero-order chi connectivity index (χ0) is 25.8. The Hall–Kier alpha value is -5.07. The lowest BCUT2D eigenvalue weighted by Crippen LogP contribution is -2.32. The number of carbonyl (C=O) groups is 1. The normalized spacial score (nSPS) is 13.8. The van der Waals surface area contributed by atoms with Crippen molar-refractivity contribution < 1.29 is 14.3 Å². The van der Waals surface area contributed by atoms with Crippen LogP contribution in [0.5, 0.6) is 11.6 Å². The number of carbonyl (C=O) groups excluding carboxylic acids is 1. The molecule has 0 radical (unpaired) electrons. The number of hydrogen-bond donors (Lipinski definition) is 4. The molecule has 1 aliphatic rings. The molecular formula is C23H18ClN9O3. The minimum atomic E-state index is -0.769. The van der Waals surface area contributed by atoms with Gasteiger partial charge in [-0.1, -0.05) is 17.7 Å². The molecule has 0 bridgehead atoms. The molecule has 4 rings (SSSR count). The van der Waals surface area contributed by atoms with Gasteiger partial charge in [-0.05, 0) is 30.7 Å². The van der Waals surface area contributed by atoms with Gasteiger partial charge in [-0.3, -0.25) is 5.32 Å². The van der Waals surface area contributed by atoms with Crippen LogP contribution in [0.4, 0.5) is 17.3 Å². The monoisotopic (exact) mass is 503 g/mol. The highest BCUT2D eigenvalue weighted by Gasteiger charge is 2.30. The van der Waals surface area contributed by atoms with E-state index in [0.29, 0.717) is 11.1 Å². The first-order chi connectivity index (χ1) is 17.4. The molecule has 2 aromatic heterocycles. The number of hydrogen-bond acceptors (Lipinski definition) is 12. The Morgan fingerprint density at radius 1 is 1.28 bits per heavy atom. The number of nitrogens with zero attached hydrogens (tertiary/aromatic N) is 5. The van der Waals surface area contributed by atoms with Gasteiger partial charge in [0.05, 0.1) is 22.9 Å². The van der Waals surface area contributed by atoms with Gasteiger partial charge in [0, 0.05) is 17.8 Å². The number of nitrogen functional groups attached to an aromatic ring is 2. The summed E-state index contributed by atoms with van der Waals surface area (Å²) < 4.78 is 10.8. The van der Waals surface area contributed by atoms with Gasteiger partial charge in [0.25, 0.3) is 0 Å². The van der Waals surface area contributed by atoms with Crippen molar-refractivity contribution in [1.29, 1.82) is 10.5 Å². The summed E-state index contributed by atoms with van der Waals surface area (Å²) >= 11 is 6.50. The molecule has 1 unspecified atom stereocenters. The third-order valence-corrected chi connectivity index (χ3v) is 5.39. The Morgan fingerprint density at radius 3 is 2.78 bits per heavy atom. The number of esters is 1. The highest BCUT2D eigenvalue weighted by atomic mass is 35.5. The van der Waals surface area contributed by atoms with Crippen LogP contribution < -0.4 is 26.8 Å². The maximum Gasteiger partial charge on any atom is 0.338 e. The van der Waals surface area contributed by atoms with Crippen LogP contribution in [-0.2, 0) is 4.74 Å². The van der Waals surface area contributed by atoms with Crippen molar-refractivity contribution in [1.82, 2.24) is 15.3 Å². The van der Waals surface area contributed by atoms with Gasteiger partial charge < -0.3 is 26.3 Å². The lowest BCUT2D eigenvalue weighted by Gasteiger charge is -2.26. The molecule has 3 heterocycles. The van der Waals surface area contributed by atoms with Crippen LogP contribution in [-0.4, -0.2) is 28.5 Å². The van der Waals surface area contributed by atoms with Crippen molar-refractivity contribution >= 4 is 40.9 Å². The van der Waals surface area contributed by atoms with E-state index in [-0.39, 0.29) is 57.7 Å². The third-order valence-electron chi connectivity index (χ3n) is 5.09. The third kappa shape index (κ3) is 4.61. The number of halogens is 1. The van der Waals surface area contributed by atoms with E-state index in [4.69, 9.17) is 37.8 Å². The smallest absolute Gasteiger partial charge is 0.338 e. The van der Waals surface area contributed by atoms with Crippen LogP contribution >= 0.6 is 11.6 Å². The molecule has 0 fully saturated rings.